The van der Waals surface area contributed by atoms with Gasteiger partial charge in [0, 0.05) is 6.04 Å². The molecule has 1 aliphatic rings. The first-order valence-electron chi connectivity index (χ1n) is 6.16. The van der Waals surface area contributed by atoms with Gasteiger partial charge >= 0.3 is 0 Å². The third kappa shape index (κ3) is 2.96. The molecule has 1 aliphatic carbocycles. The van der Waals surface area contributed by atoms with Crippen LogP contribution in [0.1, 0.15) is 39.5 Å². The average Bonchev–Trinajstić information content (AvgIpc) is 2.30. The number of nitrogens with two attached hydrogens (primary N) is 1. The van der Waals surface area contributed by atoms with Gasteiger partial charge in [-0.3, -0.25) is 4.90 Å². The Morgan fingerprint density at radius 3 is 2.67 bits per heavy atom. The summed E-state index contributed by atoms with van der Waals surface area (Å²) in [5.74, 6) is 3.49. The van der Waals surface area contributed by atoms with Crippen LogP contribution in [0, 0.1) is 18.3 Å². The van der Waals surface area contributed by atoms with Crippen molar-refractivity contribution in [3.05, 3.63) is 0 Å². The molecule has 0 aromatic rings. The first-order valence-corrected chi connectivity index (χ1v) is 6.16. The summed E-state index contributed by atoms with van der Waals surface area (Å²) >= 11 is 0. The summed E-state index contributed by atoms with van der Waals surface area (Å²) < 4.78 is 0. The molecule has 0 heterocycles. The van der Waals surface area contributed by atoms with Crippen molar-refractivity contribution in [2.45, 2.75) is 51.6 Å². The Morgan fingerprint density at radius 2 is 2.13 bits per heavy atom. The molecule has 2 N–H and O–H groups in total. The molecule has 1 rings (SSSR count). The Morgan fingerprint density at radius 1 is 1.47 bits per heavy atom. The Bertz CT molecular complexity index is 219. The maximum Gasteiger partial charge on any atom is 0.0685 e. The van der Waals surface area contributed by atoms with Gasteiger partial charge in [-0.05, 0) is 38.8 Å². The molecule has 0 aliphatic heterocycles. The molecule has 3 atom stereocenters. The monoisotopic (exact) mass is 208 g/mol. The summed E-state index contributed by atoms with van der Waals surface area (Å²) in [4.78, 5) is 2.44. The van der Waals surface area contributed by atoms with Crippen LogP contribution in [-0.2, 0) is 0 Å². The van der Waals surface area contributed by atoms with Crippen molar-refractivity contribution >= 4 is 0 Å². The van der Waals surface area contributed by atoms with Crippen LogP contribution in [0.15, 0.2) is 0 Å². The number of hydrogen-bond donors (Lipinski definition) is 1. The lowest BCUT2D eigenvalue weighted by Gasteiger charge is -2.41. The number of nitrogens with zero attached hydrogens (tertiary/aromatic N) is 1. The minimum atomic E-state index is 0.243. The second-order valence-electron chi connectivity index (χ2n) is 4.52. The topological polar surface area (TPSA) is 29.3 Å². The van der Waals surface area contributed by atoms with Crippen LogP contribution in [0.5, 0.6) is 0 Å². The van der Waals surface area contributed by atoms with E-state index in [1.165, 1.54) is 25.7 Å². The molecule has 2 nitrogen and oxygen atoms in total. The quantitative estimate of drug-likeness (QED) is 0.714. The largest absolute Gasteiger partial charge is 0.330 e. The van der Waals surface area contributed by atoms with E-state index in [-0.39, 0.29) is 6.04 Å². The molecule has 1 fully saturated rings. The zero-order valence-corrected chi connectivity index (χ0v) is 10.1. The van der Waals surface area contributed by atoms with E-state index in [1.54, 1.807) is 0 Å². The first kappa shape index (κ1) is 12.5. The van der Waals surface area contributed by atoms with Crippen LogP contribution in [0.2, 0.25) is 0 Å². The van der Waals surface area contributed by atoms with E-state index in [0.29, 0.717) is 12.0 Å². The zero-order chi connectivity index (χ0) is 11.3. The van der Waals surface area contributed by atoms with E-state index in [0.717, 1.165) is 13.1 Å². The molecule has 0 spiro atoms. The first-order chi connectivity index (χ1) is 7.24. The fourth-order valence-corrected chi connectivity index (χ4v) is 2.79. The third-order valence-corrected chi connectivity index (χ3v) is 3.70. The Kier molecular flexibility index (Phi) is 5.14. The highest BCUT2D eigenvalue weighted by atomic mass is 15.2. The van der Waals surface area contributed by atoms with Crippen LogP contribution < -0.4 is 5.73 Å². The number of hydrogen-bond acceptors (Lipinski definition) is 2. The maximum absolute atomic E-state index is 5.85. The van der Waals surface area contributed by atoms with Crippen molar-refractivity contribution in [3.63, 3.8) is 0 Å². The van der Waals surface area contributed by atoms with Crippen LogP contribution in [0.3, 0.4) is 0 Å². The summed E-state index contributed by atoms with van der Waals surface area (Å²) in [6, 6.07) is 0.854. The second-order valence-corrected chi connectivity index (χ2v) is 4.52. The van der Waals surface area contributed by atoms with Crippen molar-refractivity contribution in [3.8, 4) is 12.3 Å². The lowest BCUT2D eigenvalue weighted by atomic mass is 9.83. The summed E-state index contributed by atoms with van der Waals surface area (Å²) in [7, 11) is 0. The summed E-state index contributed by atoms with van der Waals surface area (Å²) in [6.07, 6.45) is 10.7. The predicted octanol–water partition coefficient (Wildman–Crippen LogP) is 1.85. The molecular formula is C13H24N2. The van der Waals surface area contributed by atoms with Crippen molar-refractivity contribution in [1.82, 2.24) is 4.90 Å². The van der Waals surface area contributed by atoms with E-state index in [9.17, 15) is 0 Å². The van der Waals surface area contributed by atoms with E-state index < -0.39 is 0 Å². The maximum atomic E-state index is 5.85. The smallest absolute Gasteiger partial charge is 0.0685 e. The van der Waals surface area contributed by atoms with Gasteiger partial charge in [0.15, 0.2) is 0 Å². The highest BCUT2D eigenvalue weighted by molar-refractivity contribution is 5.00. The standard InChI is InChI=1S/C13H24N2/c1-4-11(3)15(5-2)13-9-7-6-8-12(13)10-14/h1,11-13H,5-10,14H2,2-3H3. The number of terminal acetylenes is 1. The Balaban J connectivity index is 2.68. The van der Waals surface area contributed by atoms with E-state index in [1.807, 2.05) is 0 Å². The van der Waals surface area contributed by atoms with Crippen molar-refractivity contribution in [1.29, 1.82) is 0 Å². The minimum absolute atomic E-state index is 0.243. The van der Waals surface area contributed by atoms with Gasteiger partial charge in [0.1, 0.15) is 0 Å². The molecule has 15 heavy (non-hydrogen) atoms. The highest BCUT2D eigenvalue weighted by Crippen LogP contribution is 2.28. The Labute approximate surface area is 94.2 Å². The second kappa shape index (κ2) is 6.15. The van der Waals surface area contributed by atoms with Gasteiger partial charge in [0.05, 0.1) is 6.04 Å². The third-order valence-electron chi connectivity index (χ3n) is 3.70. The van der Waals surface area contributed by atoms with Gasteiger partial charge in [0.25, 0.3) is 0 Å². The van der Waals surface area contributed by atoms with Crippen LogP contribution in [0.25, 0.3) is 0 Å². The van der Waals surface area contributed by atoms with Gasteiger partial charge in [-0.2, -0.15) is 0 Å². The van der Waals surface area contributed by atoms with Crippen LogP contribution >= 0.6 is 0 Å². The van der Waals surface area contributed by atoms with Crippen LogP contribution in [-0.4, -0.2) is 30.1 Å². The van der Waals surface area contributed by atoms with Crippen LogP contribution in [0.4, 0.5) is 0 Å². The zero-order valence-electron chi connectivity index (χ0n) is 10.1. The highest BCUT2D eigenvalue weighted by Gasteiger charge is 2.30. The molecule has 1 saturated carbocycles. The molecule has 3 unspecified atom stereocenters. The fraction of sp³-hybridized carbons (Fsp3) is 0.846. The molecule has 0 aromatic carbocycles. The van der Waals surface area contributed by atoms with Crippen molar-refractivity contribution in [2.24, 2.45) is 11.7 Å². The average molecular weight is 208 g/mol. The molecule has 0 amide bonds. The molecule has 0 saturated heterocycles. The van der Waals surface area contributed by atoms with Gasteiger partial charge in [0.2, 0.25) is 0 Å². The van der Waals surface area contributed by atoms with E-state index in [4.69, 9.17) is 12.2 Å². The minimum Gasteiger partial charge on any atom is -0.330 e. The summed E-state index contributed by atoms with van der Waals surface area (Å²) in [6.45, 7) is 6.15. The molecule has 86 valence electrons. The van der Waals surface area contributed by atoms with E-state index in [2.05, 4.69) is 24.7 Å². The molecule has 0 bridgehead atoms. The van der Waals surface area contributed by atoms with Crippen molar-refractivity contribution in [2.75, 3.05) is 13.1 Å². The molecule has 0 radical (unpaired) electrons. The van der Waals surface area contributed by atoms with Gasteiger partial charge in [-0.15, -0.1) is 6.42 Å². The van der Waals surface area contributed by atoms with Gasteiger partial charge in [-0.1, -0.05) is 25.7 Å². The summed E-state index contributed by atoms with van der Waals surface area (Å²) in [5, 5.41) is 0. The van der Waals surface area contributed by atoms with Gasteiger partial charge < -0.3 is 5.73 Å². The molecular weight excluding hydrogens is 184 g/mol. The normalized spacial score (nSPS) is 28.7. The van der Waals surface area contributed by atoms with Crippen molar-refractivity contribution < 1.29 is 0 Å². The lowest BCUT2D eigenvalue weighted by Crippen LogP contribution is -2.48. The molecule has 2 heteroatoms. The summed E-state index contributed by atoms with van der Waals surface area (Å²) in [5.41, 5.74) is 5.85. The Hall–Kier alpha value is -0.520. The van der Waals surface area contributed by atoms with Gasteiger partial charge in [-0.25, -0.2) is 0 Å². The predicted molar refractivity (Wildman–Crippen MR) is 65.5 cm³/mol. The lowest BCUT2D eigenvalue weighted by molar-refractivity contribution is 0.0971. The molecule has 0 aromatic heterocycles. The SMILES string of the molecule is C#CC(C)N(CC)C1CCCCC1CN. The number of rotatable bonds is 4. The van der Waals surface area contributed by atoms with E-state index >= 15 is 0 Å². The fourth-order valence-electron chi connectivity index (χ4n) is 2.79.